The summed E-state index contributed by atoms with van der Waals surface area (Å²) in [6, 6.07) is 10.5. The topological polar surface area (TPSA) is 122 Å². The van der Waals surface area contributed by atoms with Crippen LogP contribution in [0.1, 0.15) is 44.9 Å². The van der Waals surface area contributed by atoms with Crippen molar-refractivity contribution in [1.29, 1.82) is 0 Å². The summed E-state index contributed by atoms with van der Waals surface area (Å²) in [7, 11) is 1.96. The molecule has 2 saturated heterocycles. The zero-order valence-corrected chi connectivity index (χ0v) is 26.0. The normalized spacial score (nSPS) is 17.9. The minimum absolute atomic E-state index is 0.00759. The number of hydrogen-bond acceptors (Lipinski definition) is 10. The van der Waals surface area contributed by atoms with Gasteiger partial charge in [0.2, 0.25) is 5.56 Å². The van der Waals surface area contributed by atoms with Crippen LogP contribution in [0, 0.1) is 6.92 Å². The number of nitrogens with zero attached hydrogens (tertiary/aromatic N) is 4. The number of carbonyl (C=O) groups excluding carboxylic acids is 1. The van der Waals surface area contributed by atoms with Crippen LogP contribution >= 0.6 is 22.7 Å². The number of ether oxygens (including phenoxy) is 1. The highest BCUT2D eigenvalue weighted by atomic mass is 32.1. The van der Waals surface area contributed by atoms with Crippen molar-refractivity contribution in [3.05, 3.63) is 73.3 Å². The molecule has 2 fully saturated rings. The molecule has 3 aromatic heterocycles. The van der Waals surface area contributed by atoms with Crippen LogP contribution in [-0.4, -0.2) is 94.4 Å². The molecular formula is C31H37N5O5S2. The highest BCUT2D eigenvalue weighted by Crippen LogP contribution is 2.33. The van der Waals surface area contributed by atoms with Gasteiger partial charge in [-0.1, -0.05) is 6.07 Å². The van der Waals surface area contributed by atoms with E-state index in [0.717, 1.165) is 48.9 Å². The fraction of sp³-hybridized carbons (Fsp3) is 0.452. The van der Waals surface area contributed by atoms with Crippen LogP contribution < -0.4 is 10.5 Å². The number of aromatic hydroxyl groups is 1. The van der Waals surface area contributed by atoms with Crippen LogP contribution in [0.4, 0.5) is 5.00 Å². The number of likely N-dealkylation sites (tertiary alicyclic amines) is 1. The molecule has 2 aliphatic heterocycles. The quantitative estimate of drug-likeness (QED) is 0.271. The zero-order chi connectivity index (χ0) is 30.1. The van der Waals surface area contributed by atoms with E-state index in [2.05, 4.69) is 27.0 Å². The van der Waals surface area contributed by atoms with Crippen LogP contribution in [0.15, 0.2) is 46.6 Å². The van der Waals surface area contributed by atoms with E-state index in [4.69, 9.17) is 4.74 Å². The molecule has 43 heavy (non-hydrogen) atoms. The molecule has 6 rings (SSSR count). The lowest BCUT2D eigenvalue weighted by atomic mass is 9.89. The molecule has 1 aromatic carbocycles. The molecule has 0 aliphatic carbocycles. The average Bonchev–Trinajstić information content (AvgIpc) is 3.66. The number of phenols is 1. The molecule has 0 unspecified atom stereocenters. The van der Waals surface area contributed by atoms with E-state index in [1.807, 2.05) is 29.2 Å². The van der Waals surface area contributed by atoms with Crippen molar-refractivity contribution in [3.8, 4) is 5.75 Å². The Morgan fingerprint density at radius 3 is 2.77 bits per heavy atom. The van der Waals surface area contributed by atoms with Gasteiger partial charge in [-0.2, -0.15) is 0 Å². The molecule has 4 aromatic rings. The fourth-order valence-electron chi connectivity index (χ4n) is 6.10. The first kappa shape index (κ1) is 29.8. The number of amides is 1. The first-order chi connectivity index (χ1) is 20.7. The Morgan fingerprint density at radius 2 is 2.00 bits per heavy atom. The number of aromatic amines is 1. The number of anilines is 1. The lowest BCUT2D eigenvalue weighted by molar-refractivity contribution is -0.127. The smallest absolute Gasteiger partial charge is 0.273 e. The molecule has 0 bridgehead atoms. The van der Waals surface area contributed by atoms with Gasteiger partial charge in [-0.15, -0.1) is 22.7 Å². The van der Waals surface area contributed by atoms with Crippen molar-refractivity contribution in [1.82, 2.24) is 19.8 Å². The number of piperidine rings is 1. The summed E-state index contributed by atoms with van der Waals surface area (Å²) in [6.45, 7) is 6.93. The summed E-state index contributed by atoms with van der Waals surface area (Å²) >= 11 is 3.23. The van der Waals surface area contributed by atoms with Gasteiger partial charge in [0.05, 0.1) is 40.4 Å². The van der Waals surface area contributed by atoms with Crippen molar-refractivity contribution in [3.63, 3.8) is 0 Å². The molecule has 1 atom stereocenters. The monoisotopic (exact) mass is 623 g/mol. The van der Waals surface area contributed by atoms with Gasteiger partial charge in [0.25, 0.3) is 5.91 Å². The predicted molar refractivity (Wildman–Crippen MR) is 170 cm³/mol. The molecule has 1 spiro atoms. The number of phenolic OH excluding ortho intramolecular Hbond substituents is 1. The van der Waals surface area contributed by atoms with Gasteiger partial charge < -0.3 is 34.6 Å². The van der Waals surface area contributed by atoms with Crippen LogP contribution in [0.3, 0.4) is 0 Å². The third kappa shape index (κ3) is 6.48. The molecule has 0 saturated carbocycles. The Labute approximate surface area is 258 Å². The Kier molecular flexibility index (Phi) is 8.56. The predicted octanol–water partition coefficient (Wildman–Crippen LogP) is 3.78. The fourth-order valence-corrected chi connectivity index (χ4v) is 7.65. The molecule has 2 aliphatic rings. The summed E-state index contributed by atoms with van der Waals surface area (Å²) < 4.78 is 6.28. The average molecular weight is 624 g/mol. The first-order valence-electron chi connectivity index (χ1n) is 14.6. The van der Waals surface area contributed by atoms with Gasteiger partial charge in [0, 0.05) is 61.5 Å². The minimum Gasteiger partial charge on any atom is -0.506 e. The number of carbonyl (C=O) groups is 1. The van der Waals surface area contributed by atoms with Crippen LogP contribution in [-0.2, 0) is 11.2 Å². The summed E-state index contributed by atoms with van der Waals surface area (Å²) in [5, 5.41) is 25.7. The number of aromatic nitrogens is 2. The Balaban J connectivity index is 1.00. The third-order valence-corrected chi connectivity index (χ3v) is 10.6. The third-order valence-electron chi connectivity index (χ3n) is 8.55. The Morgan fingerprint density at radius 1 is 1.19 bits per heavy atom. The number of nitrogens with one attached hydrogen (secondary N) is 1. The Hall–Kier alpha value is -3.29. The number of hydrogen-bond donors (Lipinski definition) is 3. The van der Waals surface area contributed by atoms with Gasteiger partial charge in [-0.05, 0) is 56.0 Å². The molecule has 10 nitrogen and oxygen atoms in total. The summed E-state index contributed by atoms with van der Waals surface area (Å²) in [5.74, 6) is -0.0120. The molecule has 5 heterocycles. The van der Waals surface area contributed by atoms with Gasteiger partial charge in [0.1, 0.15) is 11.4 Å². The number of benzene rings is 1. The van der Waals surface area contributed by atoms with Crippen molar-refractivity contribution >= 4 is 44.5 Å². The van der Waals surface area contributed by atoms with Gasteiger partial charge in [-0.3, -0.25) is 9.59 Å². The van der Waals surface area contributed by atoms with Crippen LogP contribution in [0.5, 0.6) is 5.75 Å². The largest absolute Gasteiger partial charge is 0.506 e. The maximum absolute atomic E-state index is 13.0. The van der Waals surface area contributed by atoms with Crippen molar-refractivity contribution in [2.45, 2.75) is 37.9 Å². The van der Waals surface area contributed by atoms with Crippen molar-refractivity contribution < 1.29 is 19.7 Å². The molecule has 12 heteroatoms. The highest BCUT2D eigenvalue weighted by molar-refractivity contribution is 7.16. The number of aryl methyl sites for hydroxylation is 1. The number of rotatable bonds is 8. The second kappa shape index (κ2) is 12.4. The molecular weight excluding hydrogens is 587 g/mol. The highest BCUT2D eigenvalue weighted by Gasteiger charge is 2.41. The van der Waals surface area contributed by atoms with E-state index < -0.39 is 6.10 Å². The van der Waals surface area contributed by atoms with Gasteiger partial charge in [-0.25, -0.2) is 4.98 Å². The number of aliphatic hydroxyl groups is 1. The number of aliphatic hydroxyl groups excluding tert-OH is 1. The number of thiazole rings is 1. The van der Waals surface area contributed by atoms with E-state index in [1.54, 1.807) is 23.5 Å². The molecule has 0 radical (unpaired) electrons. The SMILES string of the molecule is Cc1nc(C(=O)N2CCOC3(CCN(CCc4ccc(N(C)C[C@H](O)c5ccc(O)c6[nH]c(=O)ccc56)s4)CC3)C2)cs1. The number of pyridine rings is 1. The van der Waals surface area contributed by atoms with Gasteiger partial charge >= 0.3 is 0 Å². The van der Waals surface area contributed by atoms with E-state index in [-0.39, 0.29) is 22.8 Å². The molecule has 1 amide bonds. The summed E-state index contributed by atoms with van der Waals surface area (Å²) in [4.78, 5) is 39.5. The van der Waals surface area contributed by atoms with E-state index >= 15 is 0 Å². The van der Waals surface area contributed by atoms with Crippen molar-refractivity contribution in [2.24, 2.45) is 0 Å². The van der Waals surface area contributed by atoms with Crippen LogP contribution in [0.2, 0.25) is 0 Å². The second-order valence-corrected chi connectivity index (χ2v) is 13.7. The van der Waals surface area contributed by atoms with E-state index in [0.29, 0.717) is 48.4 Å². The number of morpholine rings is 1. The minimum atomic E-state index is -0.802. The molecule has 228 valence electrons. The molecule has 3 N–H and O–H groups in total. The number of fused-ring (bicyclic) bond motifs is 1. The standard InChI is InChI=1S/C31H37N5O5S2/c1-20-32-24(18-42-20)30(40)36-15-16-41-31(19-36)10-13-35(14-11-31)12-9-21-3-8-28(43-21)34(2)17-26(38)22-4-6-25(37)29-23(22)5-7-27(39)33-29/h3-8,18,26,37-38H,9-17,19H2,1-2H3,(H,33,39)/t26-/m0/s1. The first-order valence-corrected chi connectivity index (χ1v) is 16.3. The lowest BCUT2D eigenvalue weighted by Gasteiger charge is -2.47. The van der Waals surface area contributed by atoms with Crippen LogP contribution in [0.25, 0.3) is 10.9 Å². The summed E-state index contributed by atoms with van der Waals surface area (Å²) in [6.07, 6.45) is 1.95. The summed E-state index contributed by atoms with van der Waals surface area (Å²) in [5.41, 5.74) is 0.958. The maximum atomic E-state index is 13.0. The van der Waals surface area contributed by atoms with Gasteiger partial charge in [0.15, 0.2) is 0 Å². The number of H-pyrrole nitrogens is 1. The Bertz CT molecular complexity index is 1660. The van der Waals surface area contributed by atoms with Crippen molar-refractivity contribution in [2.75, 3.05) is 57.8 Å². The number of thiophene rings is 1. The number of likely N-dealkylation sites (N-methyl/N-ethyl adjacent to an activating group) is 1. The zero-order valence-electron chi connectivity index (χ0n) is 24.4. The maximum Gasteiger partial charge on any atom is 0.273 e. The second-order valence-electron chi connectivity index (χ2n) is 11.5. The van der Waals surface area contributed by atoms with E-state index in [9.17, 15) is 19.8 Å². The lowest BCUT2D eigenvalue weighted by Crippen LogP contribution is -2.58. The van der Waals surface area contributed by atoms with E-state index in [1.165, 1.54) is 28.3 Å².